The van der Waals surface area contributed by atoms with Gasteiger partial charge in [0.25, 0.3) is 0 Å². The molecule has 1 amide bonds. The van der Waals surface area contributed by atoms with Crippen LogP contribution in [0.3, 0.4) is 0 Å². The second kappa shape index (κ2) is 10.8. The van der Waals surface area contributed by atoms with Crippen LogP contribution in [0, 0.1) is 0 Å². The molecule has 0 unspecified atom stereocenters. The summed E-state index contributed by atoms with van der Waals surface area (Å²) in [6.45, 7) is 3.14. The van der Waals surface area contributed by atoms with Crippen LogP contribution in [0.4, 0.5) is 26.3 Å². The van der Waals surface area contributed by atoms with E-state index in [-0.39, 0.29) is 29.0 Å². The third kappa shape index (κ3) is 8.46. The molecule has 3 aromatic rings. The average molecular weight is 529 g/mol. The number of alkyl halides is 6. The summed E-state index contributed by atoms with van der Waals surface area (Å²) in [5.74, 6) is -0.723. The van der Waals surface area contributed by atoms with E-state index in [0.29, 0.717) is 10.2 Å². The average Bonchev–Trinajstić information content (AvgIpc) is 3.22. The van der Waals surface area contributed by atoms with Gasteiger partial charge < -0.3 is 10.1 Å². The lowest BCUT2D eigenvalue weighted by Gasteiger charge is -2.21. The first-order chi connectivity index (χ1) is 17.1. The molecule has 0 radical (unpaired) electrons. The molecule has 0 spiro atoms. The van der Waals surface area contributed by atoms with E-state index in [4.69, 9.17) is 0 Å². The quantitative estimate of drug-likeness (QED) is 0.419. The number of nitrogens with one attached hydrogen (secondary N) is 1. The highest BCUT2D eigenvalue weighted by Gasteiger charge is 2.32. The fourth-order valence-electron chi connectivity index (χ4n) is 3.41. The standard InChI is InChI=1S/C24H25F6N5O2/c1-22(2,3)16-6-4-15(5-7-16)10-20(36)33-21(19-12-32-34-35(19)13-23(25,26)27)18-9-8-17(11-31-18)37-14-24(28,29)30/h4-9,11-12,21H,10,13-14H2,1-3H3,(H,33,36)/t21-/m1/s1. The molecule has 0 fully saturated rings. The summed E-state index contributed by atoms with van der Waals surface area (Å²) in [7, 11) is 0. The van der Waals surface area contributed by atoms with Crippen LogP contribution in [0.2, 0.25) is 0 Å². The predicted molar refractivity (Wildman–Crippen MR) is 121 cm³/mol. The van der Waals surface area contributed by atoms with Crippen molar-refractivity contribution in [3.8, 4) is 5.75 Å². The number of carbonyl (C=O) groups excluding carboxylic acids is 1. The van der Waals surface area contributed by atoms with Gasteiger partial charge >= 0.3 is 12.4 Å². The molecule has 37 heavy (non-hydrogen) atoms. The van der Waals surface area contributed by atoms with E-state index in [0.717, 1.165) is 18.0 Å². The van der Waals surface area contributed by atoms with Crippen LogP contribution < -0.4 is 10.1 Å². The molecule has 0 aliphatic rings. The molecule has 0 bridgehead atoms. The largest absolute Gasteiger partial charge is 0.483 e. The van der Waals surface area contributed by atoms with Crippen LogP contribution >= 0.6 is 0 Å². The number of amides is 1. The second-order valence-corrected chi connectivity index (χ2v) is 9.38. The molecule has 1 atom stereocenters. The van der Waals surface area contributed by atoms with Gasteiger partial charge in [0.15, 0.2) is 6.61 Å². The molecule has 7 nitrogen and oxygen atoms in total. The summed E-state index contributed by atoms with van der Waals surface area (Å²) in [6, 6.07) is 8.57. The summed E-state index contributed by atoms with van der Waals surface area (Å²) in [4.78, 5) is 16.9. The van der Waals surface area contributed by atoms with E-state index < -0.39 is 37.5 Å². The van der Waals surface area contributed by atoms with Gasteiger partial charge in [-0.05, 0) is 28.7 Å². The molecule has 200 valence electrons. The lowest BCUT2D eigenvalue weighted by molar-refractivity contribution is -0.153. The molecule has 0 aliphatic heterocycles. The van der Waals surface area contributed by atoms with Crippen LogP contribution in [0.1, 0.15) is 49.3 Å². The number of rotatable bonds is 8. The van der Waals surface area contributed by atoms with Crippen molar-refractivity contribution in [3.63, 3.8) is 0 Å². The number of aromatic nitrogens is 4. The fraction of sp³-hybridized carbons (Fsp3) is 0.417. The highest BCUT2D eigenvalue weighted by atomic mass is 19.4. The number of hydrogen-bond acceptors (Lipinski definition) is 5. The minimum Gasteiger partial charge on any atom is -0.483 e. The van der Waals surface area contributed by atoms with Gasteiger partial charge in [-0.3, -0.25) is 9.78 Å². The summed E-state index contributed by atoms with van der Waals surface area (Å²) in [5, 5.41) is 9.64. The topological polar surface area (TPSA) is 81.9 Å². The molecule has 13 heteroatoms. The van der Waals surface area contributed by atoms with Gasteiger partial charge in [0.05, 0.1) is 30.2 Å². The zero-order chi connectivity index (χ0) is 27.4. The fourth-order valence-corrected chi connectivity index (χ4v) is 3.41. The monoisotopic (exact) mass is 529 g/mol. The molecule has 2 heterocycles. The van der Waals surface area contributed by atoms with Gasteiger partial charge in [-0.2, -0.15) is 26.3 Å². The van der Waals surface area contributed by atoms with Crippen molar-refractivity contribution in [1.29, 1.82) is 0 Å². The zero-order valence-electron chi connectivity index (χ0n) is 20.2. The molecule has 1 N–H and O–H groups in total. The number of halogens is 6. The number of benzene rings is 1. The second-order valence-electron chi connectivity index (χ2n) is 9.38. The van der Waals surface area contributed by atoms with Crippen molar-refractivity contribution in [1.82, 2.24) is 25.3 Å². The highest BCUT2D eigenvalue weighted by molar-refractivity contribution is 5.79. The molecule has 0 aliphatic carbocycles. The molecular weight excluding hydrogens is 504 g/mol. The molecule has 1 aromatic carbocycles. The minimum absolute atomic E-state index is 0.0570. The molecule has 3 rings (SSSR count). The first-order valence-corrected chi connectivity index (χ1v) is 11.1. The van der Waals surface area contributed by atoms with Crippen LogP contribution in [0.5, 0.6) is 5.75 Å². The van der Waals surface area contributed by atoms with E-state index in [1.54, 1.807) is 12.1 Å². The van der Waals surface area contributed by atoms with Crippen molar-refractivity contribution in [3.05, 3.63) is 71.3 Å². The Labute approximate surface area is 208 Å². The first kappa shape index (κ1) is 27.9. The van der Waals surface area contributed by atoms with Gasteiger partial charge in [-0.1, -0.05) is 50.3 Å². The lowest BCUT2D eigenvalue weighted by Crippen LogP contribution is -2.33. The maximum atomic E-state index is 13.1. The third-order valence-corrected chi connectivity index (χ3v) is 5.22. The summed E-state index contributed by atoms with van der Waals surface area (Å²) >= 11 is 0. The summed E-state index contributed by atoms with van der Waals surface area (Å²) in [5.41, 5.74) is 1.60. The summed E-state index contributed by atoms with van der Waals surface area (Å²) < 4.78 is 81.6. The Morgan fingerprint density at radius 3 is 2.19 bits per heavy atom. The van der Waals surface area contributed by atoms with Crippen LogP contribution in [-0.2, 0) is 23.2 Å². The molecule has 0 saturated heterocycles. The number of hydrogen-bond donors (Lipinski definition) is 1. The normalized spacial score (nSPS) is 13.3. The predicted octanol–water partition coefficient (Wildman–Crippen LogP) is 4.92. The SMILES string of the molecule is CC(C)(C)c1ccc(CC(=O)N[C@H](c2ccc(OCC(F)(F)F)cn2)c2cnnn2CC(F)(F)F)cc1. The number of ether oxygens (including phenoxy) is 1. The zero-order valence-corrected chi connectivity index (χ0v) is 20.2. The van der Waals surface area contributed by atoms with E-state index in [1.807, 2.05) is 32.9 Å². The van der Waals surface area contributed by atoms with Crippen LogP contribution in [-0.4, -0.2) is 44.8 Å². The Morgan fingerprint density at radius 2 is 1.65 bits per heavy atom. The number of nitrogens with zero attached hydrogens (tertiary/aromatic N) is 4. The summed E-state index contributed by atoms with van der Waals surface area (Å²) in [6.07, 6.45) is -7.20. The van der Waals surface area contributed by atoms with Crippen LogP contribution in [0.25, 0.3) is 0 Å². The van der Waals surface area contributed by atoms with Crippen molar-refractivity contribution in [2.24, 2.45) is 0 Å². The first-order valence-electron chi connectivity index (χ1n) is 11.1. The van der Waals surface area contributed by atoms with Crippen molar-refractivity contribution in [2.75, 3.05) is 6.61 Å². The Kier molecular flexibility index (Phi) is 8.13. The Bertz CT molecular complexity index is 1180. The molecular formula is C24H25F6N5O2. The lowest BCUT2D eigenvalue weighted by atomic mass is 9.86. The Balaban J connectivity index is 1.84. The minimum atomic E-state index is -4.62. The van der Waals surface area contributed by atoms with Gasteiger partial charge in [-0.25, -0.2) is 4.68 Å². The molecule has 0 saturated carbocycles. The highest BCUT2D eigenvalue weighted by Crippen LogP contribution is 2.26. The van der Waals surface area contributed by atoms with E-state index in [2.05, 4.69) is 25.3 Å². The Morgan fingerprint density at radius 1 is 0.973 bits per heavy atom. The van der Waals surface area contributed by atoms with Gasteiger partial charge in [0, 0.05) is 0 Å². The van der Waals surface area contributed by atoms with E-state index in [9.17, 15) is 31.1 Å². The van der Waals surface area contributed by atoms with Gasteiger partial charge in [-0.15, -0.1) is 5.10 Å². The Hall–Kier alpha value is -3.64. The maximum absolute atomic E-state index is 13.1. The smallest absolute Gasteiger partial charge is 0.422 e. The van der Waals surface area contributed by atoms with E-state index >= 15 is 0 Å². The molecule has 2 aromatic heterocycles. The number of pyridine rings is 1. The van der Waals surface area contributed by atoms with E-state index in [1.165, 1.54) is 12.1 Å². The van der Waals surface area contributed by atoms with Crippen molar-refractivity contribution >= 4 is 5.91 Å². The van der Waals surface area contributed by atoms with Crippen LogP contribution in [0.15, 0.2) is 48.8 Å². The van der Waals surface area contributed by atoms with Crippen molar-refractivity contribution in [2.45, 2.75) is 57.5 Å². The van der Waals surface area contributed by atoms with Crippen molar-refractivity contribution < 1.29 is 35.9 Å². The van der Waals surface area contributed by atoms with Gasteiger partial charge in [0.2, 0.25) is 5.91 Å². The van der Waals surface area contributed by atoms with Gasteiger partial charge in [0.1, 0.15) is 18.3 Å². The number of carbonyl (C=O) groups is 1. The third-order valence-electron chi connectivity index (χ3n) is 5.22. The maximum Gasteiger partial charge on any atom is 0.422 e.